The lowest BCUT2D eigenvalue weighted by Gasteiger charge is -2.41. The molecule has 1 saturated heterocycles. The summed E-state index contributed by atoms with van der Waals surface area (Å²) < 4.78 is 5.22. The van der Waals surface area contributed by atoms with E-state index in [1.807, 2.05) is 65.6 Å². The molecule has 1 fully saturated rings. The van der Waals surface area contributed by atoms with Gasteiger partial charge in [-0.15, -0.1) is 0 Å². The van der Waals surface area contributed by atoms with E-state index in [0.717, 1.165) is 17.8 Å². The van der Waals surface area contributed by atoms with Gasteiger partial charge in [-0.25, -0.2) is 9.59 Å². The van der Waals surface area contributed by atoms with Crippen LogP contribution in [0.4, 0.5) is 10.5 Å². The second-order valence-corrected chi connectivity index (χ2v) is 6.43. The first-order valence-electron chi connectivity index (χ1n) is 8.61. The van der Waals surface area contributed by atoms with Crippen LogP contribution in [0, 0.1) is 0 Å². The number of nitrogens with zero attached hydrogens (tertiary/aromatic N) is 1. The number of carbonyl (C=O) groups is 2. The Bertz CT molecular complexity index is 751. The summed E-state index contributed by atoms with van der Waals surface area (Å²) in [5.41, 5.74) is 0.431. The van der Waals surface area contributed by atoms with Gasteiger partial charge in [-0.2, -0.15) is 0 Å². The number of anilines is 1. The highest BCUT2D eigenvalue weighted by atomic mass is 16.5. The first kappa shape index (κ1) is 17.8. The molecule has 0 radical (unpaired) electrons. The number of alkyl carbamates (subject to hydrolysis) is 1. The number of rotatable bonds is 5. The van der Waals surface area contributed by atoms with E-state index in [9.17, 15) is 14.7 Å². The van der Waals surface area contributed by atoms with Crippen LogP contribution in [0.1, 0.15) is 18.4 Å². The van der Waals surface area contributed by atoms with Gasteiger partial charge in [-0.3, -0.25) is 0 Å². The fraction of sp³-hybridized carbons (Fsp3) is 0.300. The third-order valence-electron chi connectivity index (χ3n) is 4.58. The van der Waals surface area contributed by atoms with Crippen molar-refractivity contribution in [2.45, 2.75) is 25.0 Å². The summed E-state index contributed by atoms with van der Waals surface area (Å²) in [5, 5.41) is 12.4. The SMILES string of the molecule is O=C(NC1(C(=O)O)CCCN(c2ccccc2)C1)OCc1ccccc1. The van der Waals surface area contributed by atoms with Crippen LogP contribution in [0.2, 0.25) is 0 Å². The summed E-state index contributed by atoms with van der Waals surface area (Å²) in [6.45, 7) is 1.05. The molecule has 136 valence electrons. The number of benzene rings is 2. The fourth-order valence-corrected chi connectivity index (χ4v) is 3.20. The van der Waals surface area contributed by atoms with Crippen molar-refractivity contribution in [2.24, 2.45) is 0 Å². The molecule has 26 heavy (non-hydrogen) atoms. The standard InChI is InChI=1S/C20H22N2O4/c23-18(24)20(21-19(25)26-14-16-8-3-1-4-9-16)12-7-13-22(15-20)17-10-5-2-6-11-17/h1-6,8-11H,7,12-15H2,(H,21,25)(H,23,24). The highest BCUT2D eigenvalue weighted by Gasteiger charge is 2.44. The zero-order valence-electron chi connectivity index (χ0n) is 14.4. The van der Waals surface area contributed by atoms with E-state index in [1.54, 1.807) is 0 Å². The van der Waals surface area contributed by atoms with Gasteiger partial charge in [-0.05, 0) is 30.5 Å². The van der Waals surface area contributed by atoms with Crippen LogP contribution in [-0.4, -0.2) is 35.8 Å². The molecule has 0 aromatic heterocycles. The molecule has 2 aromatic carbocycles. The van der Waals surface area contributed by atoms with Crippen molar-refractivity contribution in [3.63, 3.8) is 0 Å². The number of carboxylic acid groups (broad SMARTS) is 1. The zero-order valence-corrected chi connectivity index (χ0v) is 14.4. The number of ether oxygens (including phenoxy) is 1. The lowest BCUT2D eigenvalue weighted by molar-refractivity contribution is -0.145. The monoisotopic (exact) mass is 354 g/mol. The van der Waals surface area contributed by atoms with E-state index >= 15 is 0 Å². The van der Waals surface area contributed by atoms with Gasteiger partial charge in [0.05, 0.1) is 6.54 Å². The van der Waals surface area contributed by atoms with E-state index in [2.05, 4.69) is 5.32 Å². The van der Waals surface area contributed by atoms with Gasteiger partial charge in [0.1, 0.15) is 6.61 Å². The Morgan fingerprint density at radius 2 is 1.73 bits per heavy atom. The Hall–Kier alpha value is -3.02. The van der Waals surface area contributed by atoms with Crippen LogP contribution < -0.4 is 10.2 Å². The predicted molar refractivity (Wildman–Crippen MR) is 98.0 cm³/mol. The quantitative estimate of drug-likeness (QED) is 0.863. The number of amides is 1. The van der Waals surface area contributed by atoms with E-state index in [-0.39, 0.29) is 13.2 Å². The minimum Gasteiger partial charge on any atom is -0.479 e. The molecule has 1 atom stereocenters. The largest absolute Gasteiger partial charge is 0.479 e. The van der Waals surface area contributed by atoms with Crippen LogP contribution in [0.3, 0.4) is 0 Å². The van der Waals surface area contributed by atoms with Gasteiger partial charge in [0.15, 0.2) is 5.54 Å². The van der Waals surface area contributed by atoms with Crippen LogP contribution in [0.15, 0.2) is 60.7 Å². The van der Waals surface area contributed by atoms with E-state index < -0.39 is 17.6 Å². The summed E-state index contributed by atoms with van der Waals surface area (Å²) >= 11 is 0. The molecule has 6 heteroatoms. The van der Waals surface area contributed by atoms with Crippen molar-refractivity contribution in [2.75, 3.05) is 18.0 Å². The Balaban J connectivity index is 1.67. The molecule has 1 aliphatic rings. The maximum atomic E-state index is 12.2. The third-order valence-corrected chi connectivity index (χ3v) is 4.58. The molecular weight excluding hydrogens is 332 g/mol. The second-order valence-electron chi connectivity index (χ2n) is 6.43. The number of carbonyl (C=O) groups excluding carboxylic acids is 1. The number of hydrogen-bond donors (Lipinski definition) is 2. The topological polar surface area (TPSA) is 78.9 Å². The highest BCUT2D eigenvalue weighted by Crippen LogP contribution is 2.26. The minimum absolute atomic E-state index is 0.102. The van der Waals surface area contributed by atoms with E-state index in [4.69, 9.17) is 4.74 Å². The molecule has 1 unspecified atom stereocenters. The van der Waals surface area contributed by atoms with Crippen LogP contribution in [-0.2, 0) is 16.1 Å². The Kier molecular flexibility index (Phi) is 5.41. The maximum absolute atomic E-state index is 12.2. The Labute approximate surface area is 152 Å². The first-order valence-corrected chi connectivity index (χ1v) is 8.61. The summed E-state index contributed by atoms with van der Waals surface area (Å²) in [6.07, 6.45) is 0.317. The molecule has 0 aliphatic carbocycles. The van der Waals surface area contributed by atoms with Crippen molar-refractivity contribution in [3.05, 3.63) is 66.2 Å². The second kappa shape index (κ2) is 7.91. The lowest BCUT2D eigenvalue weighted by atomic mass is 9.88. The lowest BCUT2D eigenvalue weighted by Crippen LogP contribution is -2.63. The van der Waals surface area contributed by atoms with E-state index in [0.29, 0.717) is 12.8 Å². The number of carboxylic acids is 1. The molecule has 0 bridgehead atoms. The zero-order chi connectivity index (χ0) is 18.4. The van der Waals surface area contributed by atoms with Crippen molar-refractivity contribution >= 4 is 17.7 Å². The van der Waals surface area contributed by atoms with Crippen molar-refractivity contribution in [3.8, 4) is 0 Å². The average Bonchev–Trinajstić information content (AvgIpc) is 2.68. The summed E-state index contributed by atoms with van der Waals surface area (Å²) in [6, 6.07) is 18.9. The summed E-state index contributed by atoms with van der Waals surface area (Å²) in [7, 11) is 0. The van der Waals surface area contributed by atoms with Crippen molar-refractivity contribution in [1.29, 1.82) is 0 Å². The van der Waals surface area contributed by atoms with E-state index in [1.165, 1.54) is 0 Å². The third kappa shape index (κ3) is 4.14. The molecule has 3 rings (SSSR count). The smallest absolute Gasteiger partial charge is 0.408 e. The first-order chi connectivity index (χ1) is 12.6. The van der Waals surface area contributed by atoms with Crippen molar-refractivity contribution in [1.82, 2.24) is 5.32 Å². The molecule has 6 nitrogen and oxygen atoms in total. The molecule has 1 amide bonds. The molecule has 1 heterocycles. The van der Waals surface area contributed by atoms with Crippen LogP contribution in [0.5, 0.6) is 0 Å². The number of hydrogen-bond acceptors (Lipinski definition) is 4. The number of nitrogens with one attached hydrogen (secondary N) is 1. The van der Waals surface area contributed by atoms with Gasteiger partial charge in [-0.1, -0.05) is 48.5 Å². The highest BCUT2D eigenvalue weighted by molar-refractivity contribution is 5.85. The van der Waals surface area contributed by atoms with Gasteiger partial charge in [0.25, 0.3) is 0 Å². The number of aliphatic carboxylic acids is 1. The summed E-state index contributed by atoms with van der Waals surface area (Å²) in [4.78, 5) is 26.2. The fourth-order valence-electron chi connectivity index (χ4n) is 3.20. The number of piperidine rings is 1. The predicted octanol–water partition coefficient (Wildman–Crippen LogP) is 3.04. The Morgan fingerprint density at radius 3 is 2.38 bits per heavy atom. The molecule has 2 N–H and O–H groups in total. The normalized spacial score (nSPS) is 19.6. The molecular formula is C20H22N2O4. The van der Waals surface area contributed by atoms with Gasteiger partial charge >= 0.3 is 12.1 Å². The van der Waals surface area contributed by atoms with Gasteiger partial charge in [0.2, 0.25) is 0 Å². The van der Waals surface area contributed by atoms with Gasteiger partial charge in [0, 0.05) is 12.2 Å². The maximum Gasteiger partial charge on any atom is 0.408 e. The molecule has 2 aromatic rings. The minimum atomic E-state index is -1.36. The van der Waals surface area contributed by atoms with Crippen molar-refractivity contribution < 1.29 is 19.4 Å². The molecule has 1 aliphatic heterocycles. The molecule has 0 saturated carbocycles. The summed E-state index contributed by atoms with van der Waals surface area (Å²) in [5.74, 6) is -1.05. The Morgan fingerprint density at radius 1 is 1.08 bits per heavy atom. The average molecular weight is 354 g/mol. The van der Waals surface area contributed by atoms with Crippen LogP contribution in [0.25, 0.3) is 0 Å². The number of para-hydroxylation sites is 1. The molecule has 0 spiro atoms. The van der Waals surface area contributed by atoms with Gasteiger partial charge < -0.3 is 20.1 Å². The van der Waals surface area contributed by atoms with Crippen LogP contribution >= 0.6 is 0 Å².